The molecule has 1 N–H and O–H groups in total. The van der Waals surface area contributed by atoms with Crippen molar-refractivity contribution in [1.29, 1.82) is 0 Å². The Kier molecular flexibility index (Phi) is 4.08. The number of thioether (sulfide) groups is 1. The second kappa shape index (κ2) is 5.45. The Balaban J connectivity index is 1.98. The van der Waals surface area contributed by atoms with E-state index in [-0.39, 0.29) is 0 Å². The van der Waals surface area contributed by atoms with Crippen molar-refractivity contribution in [1.82, 2.24) is 0 Å². The number of rotatable bonds is 2. The van der Waals surface area contributed by atoms with Gasteiger partial charge in [0.1, 0.15) is 0 Å². The lowest BCUT2D eigenvalue weighted by Crippen LogP contribution is -2.13. The summed E-state index contributed by atoms with van der Waals surface area (Å²) in [6.07, 6.45) is -4.29. The van der Waals surface area contributed by atoms with Crippen molar-refractivity contribution in [2.75, 3.05) is 11.9 Å². The van der Waals surface area contributed by atoms with Crippen LogP contribution in [0.15, 0.2) is 29.3 Å². The van der Waals surface area contributed by atoms with E-state index in [1.807, 2.05) is 0 Å². The maximum atomic E-state index is 12.4. The molecule has 104 valence electrons. The zero-order chi connectivity index (χ0) is 14.0. The SMILES string of the molecule is CC(C)C1CN=C(Nc2ccc(C(F)(F)F)cc2)S1. The van der Waals surface area contributed by atoms with E-state index >= 15 is 0 Å². The quantitative estimate of drug-likeness (QED) is 0.880. The summed E-state index contributed by atoms with van der Waals surface area (Å²) in [5.41, 5.74) is -0.0113. The Hall–Kier alpha value is -1.17. The second-order valence-electron chi connectivity index (χ2n) is 4.75. The highest BCUT2D eigenvalue weighted by Crippen LogP contribution is 2.31. The van der Waals surface area contributed by atoms with E-state index in [9.17, 15) is 13.2 Å². The molecule has 0 saturated heterocycles. The van der Waals surface area contributed by atoms with Crippen LogP contribution in [0.4, 0.5) is 18.9 Å². The number of amidine groups is 1. The summed E-state index contributed by atoms with van der Waals surface area (Å²) in [5, 5.41) is 4.27. The van der Waals surface area contributed by atoms with Crippen LogP contribution in [0.25, 0.3) is 0 Å². The predicted molar refractivity (Wildman–Crippen MR) is 73.6 cm³/mol. The van der Waals surface area contributed by atoms with Gasteiger partial charge < -0.3 is 5.32 Å². The third kappa shape index (κ3) is 3.65. The monoisotopic (exact) mass is 288 g/mol. The molecule has 6 heteroatoms. The van der Waals surface area contributed by atoms with Crippen molar-refractivity contribution < 1.29 is 13.2 Å². The van der Waals surface area contributed by atoms with E-state index in [0.717, 1.165) is 23.8 Å². The van der Waals surface area contributed by atoms with Crippen molar-refractivity contribution in [3.05, 3.63) is 29.8 Å². The second-order valence-corrected chi connectivity index (χ2v) is 5.97. The van der Waals surface area contributed by atoms with E-state index in [1.165, 1.54) is 12.1 Å². The summed E-state index contributed by atoms with van der Waals surface area (Å²) < 4.78 is 37.2. The van der Waals surface area contributed by atoms with Crippen LogP contribution in [0.5, 0.6) is 0 Å². The molecule has 0 saturated carbocycles. The van der Waals surface area contributed by atoms with Gasteiger partial charge >= 0.3 is 6.18 Å². The van der Waals surface area contributed by atoms with E-state index in [0.29, 0.717) is 16.9 Å². The van der Waals surface area contributed by atoms with Crippen LogP contribution in [0.3, 0.4) is 0 Å². The Morgan fingerprint density at radius 2 is 1.89 bits per heavy atom. The molecule has 1 aromatic rings. The lowest BCUT2D eigenvalue weighted by atomic mass is 10.1. The van der Waals surface area contributed by atoms with Crippen LogP contribution in [0.1, 0.15) is 19.4 Å². The third-order valence-corrected chi connectivity index (χ3v) is 4.34. The average Bonchev–Trinajstić information content (AvgIpc) is 2.77. The van der Waals surface area contributed by atoms with Gasteiger partial charge in [0.15, 0.2) is 5.17 Å². The fourth-order valence-corrected chi connectivity index (χ4v) is 2.71. The summed E-state index contributed by atoms with van der Waals surface area (Å²) in [5.74, 6) is 0.528. The molecule has 1 aromatic carbocycles. The van der Waals surface area contributed by atoms with Crippen molar-refractivity contribution in [3.63, 3.8) is 0 Å². The maximum absolute atomic E-state index is 12.4. The van der Waals surface area contributed by atoms with Gasteiger partial charge in [-0.15, -0.1) is 0 Å². The zero-order valence-corrected chi connectivity index (χ0v) is 11.5. The number of halogens is 3. The smallest absolute Gasteiger partial charge is 0.335 e. The topological polar surface area (TPSA) is 24.4 Å². The lowest BCUT2D eigenvalue weighted by molar-refractivity contribution is -0.137. The van der Waals surface area contributed by atoms with Gasteiger partial charge in [0.25, 0.3) is 0 Å². The number of aliphatic imine (C=N–C) groups is 1. The minimum atomic E-state index is -4.29. The highest BCUT2D eigenvalue weighted by Gasteiger charge is 2.30. The minimum absolute atomic E-state index is 0.442. The van der Waals surface area contributed by atoms with E-state index in [1.54, 1.807) is 11.8 Å². The van der Waals surface area contributed by atoms with Crippen LogP contribution < -0.4 is 5.32 Å². The van der Waals surface area contributed by atoms with Gasteiger partial charge in [-0.3, -0.25) is 4.99 Å². The zero-order valence-electron chi connectivity index (χ0n) is 10.7. The minimum Gasteiger partial charge on any atom is -0.335 e. The predicted octanol–water partition coefficient (Wildman–Crippen LogP) is 4.24. The molecule has 0 fully saturated rings. The van der Waals surface area contributed by atoms with Crippen molar-refractivity contribution in [3.8, 4) is 0 Å². The van der Waals surface area contributed by atoms with Crippen LogP contribution in [0, 0.1) is 5.92 Å². The molecule has 1 heterocycles. The standard InChI is InChI=1S/C13H15F3N2S/c1-8(2)11-7-17-12(19-11)18-10-5-3-9(4-6-10)13(14,15)16/h3-6,8,11H,7H2,1-2H3,(H,17,18). The molecular formula is C13H15F3N2S. The molecule has 1 atom stereocenters. The Morgan fingerprint density at radius 3 is 2.37 bits per heavy atom. The number of nitrogens with one attached hydrogen (secondary N) is 1. The van der Waals surface area contributed by atoms with Gasteiger partial charge in [-0.2, -0.15) is 13.2 Å². The molecule has 1 aliphatic rings. The van der Waals surface area contributed by atoms with Gasteiger partial charge in [-0.05, 0) is 30.2 Å². The molecule has 0 amide bonds. The number of alkyl halides is 3. The molecule has 19 heavy (non-hydrogen) atoms. The molecule has 0 spiro atoms. The van der Waals surface area contributed by atoms with Crippen LogP contribution in [-0.2, 0) is 6.18 Å². The first-order valence-corrected chi connectivity index (χ1v) is 6.89. The summed E-state index contributed by atoms with van der Waals surface area (Å²) in [4.78, 5) is 4.35. The van der Waals surface area contributed by atoms with Crippen LogP contribution in [-0.4, -0.2) is 17.0 Å². The Bertz CT molecular complexity index is 466. The maximum Gasteiger partial charge on any atom is 0.416 e. The Morgan fingerprint density at radius 1 is 1.26 bits per heavy atom. The number of benzene rings is 1. The number of hydrogen-bond donors (Lipinski definition) is 1. The van der Waals surface area contributed by atoms with E-state index < -0.39 is 11.7 Å². The number of nitrogens with zero attached hydrogens (tertiary/aromatic N) is 1. The summed E-state index contributed by atoms with van der Waals surface area (Å²) in [7, 11) is 0. The molecule has 1 unspecified atom stereocenters. The molecule has 2 nitrogen and oxygen atoms in total. The summed E-state index contributed by atoms with van der Waals surface area (Å²) >= 11 is 1.64. The molecule has 0 bridgehead atoms. The van der Waals surface area contributed by atoms with Crippen molar-refractivity contribution >= 4 is 22.6 Å². The first-order chi connectivity index (χ1) is 8.86. The van der Waals surface area contributed by atoms with Gasteiger partial charge in [0, 0.05) is 10.9 Å². The number of anilines is 1. The Labute approximate surface area is 114 Å². The third-order valence-electron chi connectivity index (χ3n) is 2.88. The van der Waals surface area contributed by atoms with Crippen LogP contribution in [0.2, 0.25) is 0 Å². The fraction of sp³-hybridized carbons (Fsp3) is 0.462. The molecule has 0 aromatic heterocycles. The van der Waals surface area contributed by atoms with Crippen LogP contribution >= 0.6 is 11.8 Å². The highest BCUT2D eigenvalue weighted by atomic mass is 32.2. The average molecular weight is 288 g/mol. The largest absolute Gasteiger partial charge is 0.416 e. The lowest BCUT2D eigenvalue weighted by Gasteiger charge is -2.12. The molecule has 2 rings (SSSR count). The summed E-state index contributed by atoms with van der Waals surface area (Å²) in [6, 6.07) is 4.99. The molecule has 0 aliphatic carbocycles. The first-order valence-electron chi connectivity index (χ1n) is 6.01. The van der Waals surface area contributed by atoms with E-state index in [4.69, 9.17) is 0 Å². The van der Waals surface area contributed by atoms with Gasteiger partial charge in [0.2, 0.25) is 0 Å². The highest BCUT2D eigenvalue weighted by molar-refractivity contribution is 8.15. The number of hydrogen-bond acceptors (Lipinski definition) is 3. The van der Waals surface area contributed by atoms with E-state index in [2.05, 4.69) is 24.2 Å². The van der Waals surface area contributed by atoms with Crippen molar-refractivity contribution in [2.24, 2.45) is 10.9 Å². The molecule has 0 radical (unpaired) electrons. The summed E-state index contributed by atoms with van der Waals surface area (Å²) in [6.45, 7) is 5.02. The van der Waals surface area contributed by atoms with Gasteiger partial charge in [0.05, 0.1) is 12.1 Å². The normalized spacial score (nSPS) is 19.7. The molecule has 1 aliphatic heterocycles. The van der Waals surface area contributed by atoms with Gasteiger partial charge in [-0.1, -0.05) is 25.6 Å². The molecular weight excluding hydrogens is 273 g/mol. The van der Waals surface area contributed by atoms with Crippen molar-refractivity contribution in [2.45, 2.75) is 25.3 Å². The van der Waals surface area contributed by atoms with Gasteiger partial charge in [-0.25, -0.2) is 0 Å². The fourth-order valence-electron chi connectivity index (χ4n) is 1.67. The first kappa shape index (κ1) is 14.2.